The van der Waals surface area contributed by atoms with Gasteiger partial charge in [0.15, 0.2) is 11.6 Å². The molecule has 3 nitrogen and oxygen atoms in total. The predicted octanol–water partition coefficient (Wildman–Crippen LogP) is 2.20. The Balaban J connectivity index is 1.88. The van der Waals surface area contributed by atoms with Crippen LogP contribution in [0.25, 0.3) is 0 Å². The van der Waals surface area contributed by atoms with Crippen molar-refractivity contribution in [3.8, 4) is 0 Å². The van der Waals surface area contributed by atoms with Gasteiger partial charge in [-0.25, -0.2) is 13.2 Å². The standard InChI is InChI=1S/C14H17F3N2O/c1-9(8-19-4-2-3-14(19)20)18-7-10-5-12(16)13(17)6-11(10)15/h5-6,9,18H,2-4,7-8H2,1H3. The highest BCUT2D eigenvalue weighted by Crippen LogP contribution is 2.14. The summed E-state index contributed by atoms with van der Waals surface area (Å²) in [5, 5.41) is 3.01. The van der Waals surface area contributed by atoms with Crippen LogP contribution in [0.5, 0.6) is 0 Å². The van der Waals surface area contributed by atoms with E-state index in [2.05, 4.69) is 5.32 Å². The molecule has 1 amide bonds. The SMILES string of the molecule is CC(CN1CCCC1=O)NCc1cc(F)c(F)cc1F. The van der Waals surface area contributed by atoms with Crippen molar-refractivity contribution in [1.82, 2.24) is 10.2 Å². The van der Waals surface area contributed by atoms with Crippen LogP contribution in [-0.2, 0) is 11.3 Å². The molecule has 1 heterocycles. The number of carbonyl (C=O) groups excluding carboxylic acids is 1. The third-order valence-corrected chi connectivity index (χ3v) is 3.40. The molecular weight excluding hydrogens is 269 g/mol. The van der Waals surface area contributed by atoms with Crippen LogP contribution in [0, 0.1) is 17.5 Å². The zero-order valence-electron chi connectivity index (χ0n) is 11.3. The minimum absolute atomic E-state index is 0.0513. The van der Waals surface area contributed by atoms with Gasteiger partial charge in [0.1, 0.15) is 5.82 Å². The summed E-state index contributed by atoms with van der Waals surface area (Å²) in [4.78, 5) is 13.2. The summed E-state index contributed by atoms with van der Waals surface area (Å²) in [7, 11) is 0. The minimum Gasteiger partial charge on any atom is -0.341 e. The van der Waals surface area contributed by atoms with E-state index in [-0.39, 0.29) is 24.1 Å². The van der Waals surface area contributed by atoms with Crippen molar-refractivity contribution in [2.45, 2.75) is 32.4 Å². The Kier molecular flexibility index (Phi) is 4.65. The number of likely N-dealkylation sites (tertiary alicyclic amines) is 1. The van der Waals surface area contributed by atoms with E-state index in [1.165, 1.54) is 0 Å². The fraction of sp³-hybridized carbons (Fsp3) is 0.500. The lowest BCUT2D eigenvalue weighted by atomic mass is 10.2. The van der Waals surface area contributed by atoms with Gasteiger partial charge in [0.2, 0.25) is 5.91 Å². The molecule has 0 saturated carbocycles. The molecule has 2 rings (SSSR count). The third kappa shape index (κ3) is 3.50. The maximum absolute atomic E-state index is 13.4. The van der Waals surface area contributed by atoms with Crippen LogP contribution in [0.4, 0.5) is 13.2 Å². The van der Waals surface area contributed by atoms with E-state index >= 15 is 0 Å². The summed E-state index contributed by atoms with van der Waals surface area (Å²) in [5.41, 5.74) is 0.0727. The highest BCUT2D eigenvalue weighted by Gasteiger charge is 2.21. The fourth-order valence-electron chi connectivity index (χ4n) is 2.28. The van der Waals surface area contributed by atoms with Gasteiger partial charge in [0.25, 0.3) is 0 Å². The highest BCUT2D eigenvalue weighted by atomic mass is 19.2. The van der Waals surface area contributed by atoms with Gasteiger partial charge < -0.3 is 10.2 Å². The summed E-state index contributed by atoms with van der Waals surface area (Å²) in [6.45, 7) is 3.23. The molecular formula is C14H17F3N2O. The topological polar surface area (TPSA) is 32.3 Å². The fourth-order valence-corrected chi connectivity index (χ4v) is 2.28. The number of benzene rings is 1. The van der Waals surface area contributed by atoms with E-state index in [0.717, 1.165) is 19.0 Å². The maximum atomic E-state index is 13.4. The summed E-state index contributed by atoms with van der Waals surface area (Å²) in [6.07, 6.45) is 1.44. The van der Waals surface area contributed by atoms with Crippen LogP contribution in [0.1, 0.15) is 25.3 Å². The van der Waals surface area contributed by atoms with Crippen LogP contribution in [-0.4, -0.2) is 29.9 Å². The number of nitrogens with zero attached hydrogens (tertiary/aromatic N) is 1. The van der Waals surface area contributed by atoms with Crippen molar-refractivity contribution in [2.75, 3.05) is 13.1 Å². The Morgan fingerprint density at radius 3 is 2.60 bits per heavy atom. The lowest BCUT2D eigenvalue weighted by molar-refractivity contribution is -0.127. The summed E-state index contributed by atoms with van der Waals surface area (Å²) >= 11 is 0. The van der Waals surface area contributed by atoms with Crippen molar-refractivity contribution < 1.29 is 18.0 Å². The van der Waals surface area contributed by atoms with Gasteiger partial charge in [0.05, 0.1) is 0 Å². The summed E-state index contributed by atoms with van der Waals surface area (Å²) in [6, 6.07) is 1.34. The Morgan fingerprint density at radius 1 is 1.25 bits per heavy atom. The number of hydrogen-bond acceptors (Lipinski definition) is 2. The first-order valence-corrected chi connectivity index (χ1v) is 6.62. The molecule has 0 bridgehead atoms. The smallest absolute Gasteiger partial charge is 0.222 e. The predicted molar refractivity (Wildman–Crippen MR) is 68.4 cm³/mol. The number of amides is 1. The molecule has 0 radical (unpaired) electrons. The quantitative estimate of drug-likeness (QED) is 0.842. The average Bonchev–Trinajstić information content (AvgIpc) is 2.78. The van der Waals surface area contributed by atoms with Gasteiger partial charge in [0, 0.05) is 43.7 Å². The largest absolute Gasteiger partial charge is 0.341 e. The van der Waals surface area contributed by atoms with Gasteiger partial charge in [-0.1, -0.05) is 0 Å². The van der Waals surface area contributed by atoms with Crippen LogP contribution in [0.3, 0.4) is 0 Å². The molecule has 0 aliphatic carbocycles. The van der Waals surface area contributed by atoms with Gasteiger partial charge in [-0.05, 0) is 19.4 Å². The van der Waals surface area contributed by atoms with Crippen molar-refractivity contribution in [2.24, 2.45) is 0 Å². The van der Waals surface area contributed by atoms with E-state index in [9.17, 15) is 18.0 Å². The first-order chi connectivity index (χ1) is 9.47. The molecule has 6 heteroatoms. The second-order valence-electron chi connectivity index (χ2n) is 5.08. The van der Waals surface area contributed by atoms with Crippen LogP contribution >= 0.6 is 0 Å². The van der Waals surface area contributed by atoms with Crippen LogP contribution in [0.2, 0.25) is 0 Å². The molecule has 1 unspecified atom stereocenters. The first-order valence-electron chi connectivity index (χ1n) is 6.62. The van der Waals surface area contributed by atoms with Crippen molar-refractivity contribution in [1.29, 1.82) is 0 Å². The molecule has 1 aromatic rings. The Bertz CT molecular complexity index is 507. The van der Waals surface area contributed by atoms with E-state index in [1.807, 2.05) is 6.92 Å². The van der Waals surface area contributed by atoms with E-state index < -0.39 is 17.5 Å². The van der Waals surface area contributed by atoms with Gasteiger partial charge in [-0.15, -0.1) is 0 Å². The second kappa shape index (κ2) is 6.26. The Hall–Kier alpha value is -1.56. The lowest BCUT2D eigenvalue weighted by Crippen LogP contribution is -2.39. The number of carbonyl (C=O) groups is 1. The molecule has 1 aliphatic rings. The van der Waals surface area contributed by atoms with Gasteiger partial charge in [-0.2, -0.15) is 0 Å². The van der Waals surface area contributed by atoms with Crippen molar-refractivity contribution >= 4 is 5.91 Å². The van der Waals surface area contributed by atoms with E-state index in [0.29, 0.717) is 19.0 Å². The van der Waals surface area contributed by atoms with E-state index in [1.54, 1.807) is 4.90 Å². The zero-order valence-corrected chi connectivity index (χ0v) is 11.3. The second-order valence-corrected chi connectivity index (χ2v) is 5.08. The number of halogens is 3. The molecule has 0 aromatic heterocycles. The minimum atomic E-state index is -1.19. The molecule has 1 saturated heterocycles. The summed E-state index contributed by atoms with van der Waals surface area (Å²) < 4.78 is 39.3. The monoisotopic (exact) mass is 286 g/mol. The van der Waals surface area contributed by atoms with E-state index in [4.69, 9.17) is 0 Å². The zero-order chi connectivity index (χ0) is 14.7. The van der Waals surface area contributed by atoms with Crippen molar-refractivity contribution in [3.63, 3.8) is 0 Å². The molecule has 1 aromatic carbocycles. The number of nitrogens with one attached hydrogen (secondary N) is 1. The molecule has 1 N–H and O–H groups in total. The van der Waals surface area contributed by atoms with Gasteiger partial charge >= 0.3 is 0 Å². The Labute approximate surface area is 115 Å². The highest BCUT2D eigenvalue weighted by molar-refractivity contribution is 5.78. The van der Waals surface area contributed by atoms with Gasteiger partial charge in [-0.3, -0.25) is 4.79 Å². The number of rotatable bonds is 5. The third-order valence-electron chi connectivity index (χ3n) is 3.40. The van der Waals surface area contributed by atoms with Crippen LogP contribution < -0.4 is 5.32 Å². The number of hydrogen-bond donors (Lipinski definition) is 1. The molecule has 1 fully saturated rings. The molecule has 0 spiro atoms. The normalized spacial score (nSPS) is 16.8. The van der Waals surface area contributed by atoms with Crippen LogP contribution in [0.15, 0.2) is 12.1 Å². The molecule has 20 heavy (non-hydrogen) atoms. The van der Waals surface area contributed by atoms with Crippen molar-refractivity contribution in [3.05, 3.63) is 35.1 Å². The molecule has 1 aliphatic heterocycles. The molecule has 1 atom stereocenters. The lowest BCUT2D eigenvalue weighted by Gasteiger charge is -2.21. The summed E-state index contributed by atoms with van der Waals surface area (Å²) in [5.74, 6) is -2.91. The molecule has 110 valence electrons. The average molecular weight is 286 g/mol. The maximum Gasteiger partial charge on any atom is 0.222 e. The Morgan fingerprint density at radius 2 is 1.95 bits per heavy atom. The first kappa shape index (κ1) is 14.8.